The topological polar surface area (TPSA) is 67.9 Å². The van der Waals surface area contributed by atoms with E-state index in [2.05, 4.69) is 11.8 Å². The molecule has 0 rings (SSSR count). The Morgan fingerprint density at radius 2 is 0.733 bits per heavy atom. The molecule has 8 heteroatoms. The Hall–Kier alpha value is -0.320. The van der Waals surface area contributed by atoms with Crippen LogP contribution in [0.4, 0.5) is 0 Å². The maximum absolute atomic E-state index is 5.51. The molecule has 0 aliphatic rings. The Morgan fingerprint density at radius 3 is 1.07 bits per heavy atom. The third kappa shape index (κ3) is 27.7. The number of rotatable bonds is 26. The van der Waals surface area contributed by atoms with E-state index in [1.807, 2.05) is 14.1 Å². The molecule has 0 bridgehead atoms. The van der Waals surface area contributed by atoms with Crippen LogP contribution < -0.4 is 0 Å². The molecule has 0 aliphatic heterocycles. The van der Waals surface area contributed by atoms with Crippen LogP contribution in [0.1, 0.15) is 32.6 Å². The van der Waals surface area contributed by atoms with Crippen LogP contribution in [0.15, 0.2) is 0 Å². The van der Waals surface area contributed by atoms with Crippen molar-refractivity contribution < 1.29 is 33.2 Å². The van der Waals surface area contributed by atoms with E-state index in [1.165, 1.54) is 19.3 Å². The lowest BCUT2D eigenvalue weighted by Crippen LogP contribution is -2.19. The SMILES string of the molecule is CCCCCCOCCOCCOCCOCCOCCOCCOCCN(C)C. The van der Waals surface area contributed by atoms with Crippen LogP contribution in [-0.2, 0) is 33.2 Å². The summed E-state index contributed by atoms with van der Waals surface area (Å²) in [4.78, 5) is 2.09. The van der Waals surface area contributed by atoms with Gasteiger partial charge in [-0.1, -0.05) is 26.2 Å². The van der Waals surface area contributed by atoms with E-state index in [1.54, 1.807) is 0 Å². The van der Waals surface area contributed by atoms with E-state index < -0.39 is 0 Å². The van der Waals surface area contributed by atoms with Crippen LogP contribution in [0.25, 0.3) is 0 Å². The number of likely N-dealkylation sites (N-methyl/N-ethyl adjacent to an activating group) is 1. The molecule has 0 saturated heterocycles. The molecule has 8 nitrogen and oxygen atoms in total. The van der Waals surface area contributed by atoms with Crippen molar-refractivity contribution in [1.29, 1.82) is 0 Å². The van der Waals surface area contributed by atoms with Crippen molar-refractivity contribution in [2.24, 2.45) is 0 Å². The summed E-state index contributed by atoms with van der Waals surface area (Å²) in [6.07, 6.45) is 4.94. The second-order valence-electron chi connectivity index (χ2n) is 7.15. The van der Waals surface area contributed by atoms with Gasteiger partial charge in [0.2, 0.25) is 0 Å². The Kier molecular flexibility index (Phi) is 26.4. The lowest BCUT2D eigenvalue weighted by atomic mass is 10.2. The highest BCUT2D eigenvalue weighted by Crippen LogP contribution is 1.98. The summed E-state index contributed by atoms with van der Waals surface area (Å²) < 4.78 is 38.2. The first-order chi connectivity index (χ1) is 14.8. The lowest BCUT2D eigenvalue weighted by Gasteiger charge is -2.10. The Labute approximate surface area is 184 Å². The zero-order valence-electron chi connectivity index (χ0n) is 19.7. The Morgan fingerprint density at radius 1 is 0.400 bits per heavy atom. The second-order valence-corrected chi connectivity index (χ2v) is 7.15. The van der Waals surface area contributed by atoms with Gasteiger partial charge in [-0.2, -0.15) is 0 Å². The van der Waals surface area contributed by atoms with Gasteiger partial charge in [0.1, 0.15) is 0 Å². The van der Waals surface area contributed by atoms with E-state index in [9.17, 15) is 0 Å². The summed E-state index contributed by atoms with van der Waals surface area (Å²) in [6.45, 7) is 11.7. The normalized spacial score (nSPS) is 11.6. The quantitative estimate of drug-likeness (QED) is 0.191. The van der Waals surface area contributed by atoms with Crippen molar-refractivity contribution >= 4 is 0 Å². The number of ether oxygens (including phenoxy) is 7. The molecular formula is C22H47NO7. The molecule has 0 fully saturated rings. The molecule has 0 aromatic rings. The minimum Gasteiger partial charge on any atom is -0.379 e. The molecule has 0 atom stereocenters. The van der Waals surface area contributed by atoms with Crippen LogP contribution in [0, 0.1) is 0 Å². The zero-order valence-corrected chi connectivity index (χ0v) is 19.7. The molecule has 0 heterocycles. The molecule has 30 heavy (non-hydrogen) atoms. The summed E-state index contributed by atoms with van der Waals surface area (Å²) in [5.41, 5.74) is 0. The molecule has 0 saturated carbocycles. The Bertz CT molecular complexity index is 309. The van der Waals surface area contributed by atoms with Crippen LogP contribution in [0.3, 0.4) is 0 Å². The van der Waals surface area contributed by atoms with E-state index in [-0.39, 0.29) is 0 Å². The first-order valence-corrected chi connectivity index (χ1v) is 11.5. The molecule has 0 aliphatic carbocycles. The average Bonchev–Trinajstić information content (AvgIpc) is 2.73. The zero-order chi connectivity index (χ0) is 22.0. The Balaban J connectivity index is 2.99. The summed E-state index contributed by atoms with van der Waals surface area (Å²) in [6, 6.07) is 0. The minimum absolute atomic E-state index is 0.559. The van der Waals surface area contributed by atoms with Crippen molar-refractivity contribution in [3.05, 3.63) is 0 Å². The standard InChI is InChI=1S/C22H47NO7/c1-4-5-6-7-9-24-11-13-26-15-17-28-19-21-30-22-20-29-18-16-27-14-12-25-10-8-23(2)3/h4-22H2,1-3H3. The predicted molar refractivity (Wildman–Crippen MR) is 118 cm³/mol. The van der Waals surface area contributed by atoms with Crippen molar-refractivity contribution in [1.82, 2.24) is 4.90 Å². The monoisotopic (exact) mass is 437 g/mol. The van der Waals surface area contributed by atoms with Crippen molar-refractivity contribution in [3.8, 4) is 0 Å². The van der Waals surface area contributed by atoms with Gasteiger partial charge in [0.15, 0.2) is 0 Å². The van der Waals surface area contributed by atoms with Crippen molar-refractivity contribution in [2.45, 2.75) is 32.6 Å². The smallest absolute Gasteiger partial charge is 0.0701 e. The van der Waals surface area contributed by atoms with Gasteiger partial charge in [-0.3, -0.25) is 0 Å². The fourth-order valence-corrected chi connectivity index (χ4v) is 2.30. The molecule has 0 spiro atoms. The molecule has 0 aromatic carbocycles. The van der Waals surface area contributed by atoms with E-state index in [4.69, 9.17) is 33.2 Å². The largest absolute Gasteiger partial charge is 0.379 e. The van der Waals surface area contributed by atoms with Gasteiger partial charge >= 0.3 is 0 Å². The fourth-order valence-electron chi connectivity index (χ4n) is 2.30. The highest BCUT2D eigenvalue weighted by molar-refractivity contribution is 4.41. The van der Waals surface area contributed by atoms with Crippen LogP contribution >= 0.6 is 0 Å². The van der Waals surface area contributed by atoms with Gasteiger partial charge in [0.25, 0.3) is 0 Å². The third-order valence-corrected chi connectivity index (χ3v) is 4.06. The van der Waals surface area contributed by atoms with E-state index in [0.717, 1.165) is 26.2 Å². The highest BCUT2D eigenvalue weighted by atomic mass is 16.6. The predicted octanol–water partition coefficient (Wildman–Crippen LogP) is 2.24. The van der Waals surface area contributed by atoms with E-state index >= 15 is 0 Å². The molecule has 0 amide bonds. The second kappa shape index (κ2) is 26.7. The number of unbranched alkanes of at least 4 members (excludes halogenated alkanes) is 3. The summed E-state index contributed by atoms with van der Waals surface area (Å²) >= 11 is 0. The summed E-state index contributed by atoms with van der Waals surface area (Å²) in [5.74, 6) is 0. The van der Waals surface area contributed by atoms with E-state index in [0.29, 0.717) is 79.3 Å². The van der Waals surface area contributed by atoms with Gasteiger partial charge in [-0.25, -0.2) is 0 Å². The maximum Gasteiger partial charge on any atom is 0.0701 e. The number of nitrogens with zero attached hydrogens (tertiary/aromatic N) is 1. The lowest BCUT2D eigenvalue weighted by molar-refractivity contribution is -0.0208. The van der Waals surface area contributed by atoms with Gasteiger partial charge in [0.05, 0.1) is 85.9 Å². The molecule has 0 unspecified atom stereocenters. The molecule has 0 radical (unpaired) electrons. The van der Waals surface area contributed by atoms with Crippen LogP contribution in [-0.4, -0.2) is 118 Å². The van der Waals surface area contributed by atoms with Gasteiger partial charge in [0, 0.05) is 13.2 Å². The molecule has 182 valence electrons. The third-order valence-electron chi connectivity index (χ3n) is 4.06. The fraction of sp³-hybridized carbons (Fsp3) is 1.00. The van der Waals surface area contributed by atoms with Crippen molar-refractivity contribution in [2.75, 3.05) is 113 Å². The molecule has 0 aromatic heterocycles. The summed E-state index contributed by atoms with van der Waals surface area (Å²) in [5, 5.41) is 0. The minimum atomic E-state index is 0.559. The molecule has 0 N–H and O–H groups in total. The summed E-state index contributed by atoms with van der Waals surface area (Å²) in [7, 11) is 4.05. The van der Waals surface area contributed by atoms with Crippen molar-refractivity contribution in [3.63, 3.8) is 0 Å². The van der Waals surface area contributed by atoms with Gasteiger partial charge in [-0.15, -0.1) is 0 Å². The number of hydrogen-bond acceptors (Lipinski definition) is 8. The first kappa shape index (κ1) is 29.7. The highest BCUT2D eigenvalue weighted by Gasteiger charge is 1.95. The van der Waals surface area contributed by atoms with Crippen LogP contribution in [0.2, 0.25) is 0 Å². The van der Waals surface area contributed by atoms with Gasteiger partial charge < -0.3 is 38.1 Å². The average molecular weight is 438 g/mol. The van der Waals surface area contributed by atoms with Gasteiger partial charge in [-0.05, 0) is 20.5 Å². The number of hydrogen-bond donors (Lipinski definition) is 0. The first-order valence-electron chi connectivity index (χ1n) is 11.5. The molecular weight excluding hydrogens is 390 g/mol. The maximum atomic E-state index is 5.51. The van der Waals surface area contributed by atoms with Crippen LogP contribution in [0.5, 0.6) is 0 Å².